The topological polar surface area (TPSA) is 99.0 Å². The predicted molar refractivity (Wildman–Crippen MR) is 141 cm³/mol. The zero-order valence-electron chi connectivity index (χ0n) is 20.0. The van der Waals surface area contributed by atoms with Gasteiger partial charge in [0, 0.05) is 48.0 Å². The maximum Gasteiger partial charge on any atom is 0.249 e. The Morgan fingerprint density at radius 2 is 1.94 bits per heavy atom. The summed E-state index contributed by atoms with van der Waals surface area (Å²) >= 11 is 0. The number of hydrogen-bond acceptors (Lipinski definition) is 7. The third kappa shape index (κ3) is 3.79. The highest BCUT2D eigenvalue weighted by molar-refractivity contribution is 7.91. The average molecular weight is 502 g/mol. The standard InChI is InChI=1S/C27H27N5O3S/c1-27(11-3-2-4-12-27)36(33,34)32-17-23(21-6-5-13-28-26(21)32)19-7-8-24-22(16-19)25(30-18-29-24)31-20-9-14-35-15-10-20/h2-8,11,13,16-18,20H,9-10,12,14-15H2,1H3,(H,29,30,31). The minimum absolute atomic E-state index is 0.287. The molecule has 184 valence electrons. The quantitative estimate of drug-likeness (QED) is 0.424. The van der Waals surface area contributed by atoms with Crippen molar-refractivity contribution in [1.29, 1.82) is 0 Å². The fraction of sp³-hybridized carbons (Fsp3) is 0.296. The van der Waals surface area contributed by atoms with Crippen molar-refractivity contribution in [1.82, 2.24) is 18.9 Å². The van der Waals surface area contributed by atoms with Crippen molar-refractivity contribution < 1.29 is 13.2 Å². The monoisotopic (exact) mass is 501 g/mol. The summed E-state index contributed by atoms with van der Waals surface area (Å²) in [6.07, 6.45) is 14.4. The fourth-order valence-electron chi connectivity index (χ4n) is 4.94. The van der Waals surface area contributed by atoms with Crippen LogP contribution in [0, 0.1) is 0 Å². The smallest absolute Gasteiger partial charge is 0.249 e. The number of pyridine rings is 1. The Hall–Kier alpha value is -3.56. The van der Waals surface area contributed by atoms with Crippen LogP contribution in [0.3, 0.4) is 0 Å². The molecular formula is C27H27N5O3S. The van der Waals surface area contributed by atoms with Gasteiger partial charge in [0.15, 0.2) is 5.65 Å². The molecule has 0 spiro atoms. The largest absolute Gasteiger partial charge is 0.381 e. The van der Waals surface area contributed by atoms with Gasteiger partial charge in [-0.05, 0) is 56.0 Å². The van der Waals surface area contributed by atoms with Gasteiger partial charge in [-0.15, -0.1) is 0 Å². The molecule has 0 saturated carbocycles. The summed E-state index contributed by atoms with van der Waals surface area (Å²) in [5.41, 5.74) is 2.91. The van der Waals surface area contributed by atoms with Crippen LogP contribution in [0.1, 0.15) is 26.2 Å². The van der Waals surface area contributed by atoms with Crippen LogP contribution < -0.4 is 5.32 Å². The van der Waals surface area contributed by atoms with Gasteiger partial charge in [0.2, 0.25) is 10.0 Å². The van der Waals surface area contributed by atoms with Crippen LogP contribution in [0.25, 0.3) is 33.1 Å². The van der Waals surface area contributed by atoms with Crippen molar-refractivity contribution in [3.05, 3.63) is 73.4 Å². The highest BCUT2D eigenvalue weighted by Gasteiger charge is 2.39. The number of benzene rings is 1. The van der Waals surface area contributed by atoms with E-state index in [2.05, 4.69) is 20.3 Å². The molecule has 4 aromatic rings. The fourth-order valence-corrected chi connectivity index (χ4v) is 6.57. The number of fused-ring (bicyclic) bond motifs is 2. The number of rotatable bonds is 5. The zero-order chi connectivity index (χ0) is 24.8. The van der Waals surface area contributed by atoms with E-state index < -0.39 is 14.8 Å². The number of anilines is 1. The molecule has 2 aliphatic rings. The molecule has 1 fully saturated rings. The lowest BCUT2D eigenvalue weighted by molar-refractivity contribution is 0.0904. The Labute approximate surface area is 209 Å². The Morgan fingerprint density at radius 3 is 2.75 bits per heavy atom. The molecule has 1 aliphatic carbocycles. The second-order valence-corrected chi connectivity index (χ2v) is 11.8. The zero-order valence-corrected chi connectivity index (χ0v) is 20.8. The number of hydrogen-bond donors (Lipinski definition) is 1. The summed E-state index contributed by atoms with van der Waals surface area (Å²) in [4.78, 5) is 13.4. The third-order valence-corrected chi connectivity index (χ3v) is 9.39. The lowest BCUT2D eigenvalue weighted by Gasteiger charge is -2.26. The first-order valence-electron chi connectivity index (χ1n) is 12.1. The molecule has 3 aromatic heterocycles. The molecule has 9 heteroatoms. The van der Waals surface area contributed by atoms with E-state index in [1.165, 1.54) is 3.97 Å². The molecule has 0 bridgehead atoms. The minimum atomic E-state index is -3.78. The van der Waals surface area contributed by atoms with Crippen molar-refractivity contribution in [2.24, 2.45) is 0 Å². The summed E-state index contributed by atoms with van der Waals surface area (Å²) < 4.78 is 33.5. The van der Waals surface area contributed by atoms with E-state index in [0.717, 1.165) is 59.3 Å². The Bertz CT molecular complexity index is 1620. The number of allylic oxidation sites excluding steroid dienone is 3. The van der Waals surface area contributed by atoms with Gasteiger partial charge in [-0.3, -0.25) is 0 Å². The lowest BCUT2D eigenvalue weighted by atomic mass is 10.0. The second-order valence-electron chi connectivity index (χ2n) is 9.51. The van der Waals surface area contributed by atoms with Crippen molar-refractivity contribution >= 4 is 37.8 Å². The van der Waals surface area contributed by atoms with Crippen LogP contribution in [0.4, 0.5) is 5.82 Å². The summed E-state index contributed by atoms with van der Waals surface area (Å²) in [6.45, 7) is 3.21. The van der Waals surface area contributed by atoms with E-state index in [1.54, 1.807) is 37.8 Å². The lowest BCUT2D eigenvalue weighted by Crippen LogP contribution is -2.37. The minimum Gasteiger partial charge on any atom is -0.381 e. The SMILES string of the molecule is CC1(S(=O)(=O)n2cc(-c3ccc4ncnc(NC5CCOCC5)c4c3)c3cccnc32)C=CC=CC1. The molecule has 4 heterocycles. The van der Waals surface area contributed by atoms with E-state index in [1.807, 2.05) is 42.5 Å². The van der Waals surface area contributed by atoms with Gasteiger partial charge in [0.25, 0.3) is 0 Å². The third-order valence-electron chi connectivity index (χ3n) is 7.11. The molecule has 0 amide bonds. The molecule has 0 radical (unpaired) electrons. The summed E-state index contributed by atoms with van der Waals surface area (Å²) in [6, 6.07) is 9.98. The average Bonchev–Trinajstić information content (AvgIpc) is 3.30. The van der Waals surface area contributed by atoms with Gasteiger partial charge in [-0.2, -0.15) is 0 Å². The van der Waals surface area contributed by atoms with Crippen molar-refractivity contribution in [3.63, 3.8) is 0 Å². The van der Waals surface area contributed by atoms with Crippen molar-refractivity contribution in [3.8, 4) is 11.1 Å². The Balaban J connectivity index is 1.48. The van der Waals surface area contributed by atoms with Crippen molar-refractivity contribution in [2.75, 3.05) is 18.5 Å². The van der Waals surface area contributed by atoms with E-state index in [0.29, 0.717) is 12.1 Å². The second kappa shape index (κ2) is 8.83. The van der Waals surface area contributed by atoms with Gasteiger partial charge in [-0.1, -0.05) is 30.4 Å². The first kappa shape index (κ1) is 22.9. The van der Waals surface area contributed by atoms with E-state index in [-0.39, 0.29) is 6.04 Å². The summed E-state index contributed by atoms with van der Waals surface area (Å²) in [7, 11) is -3.78. The number of nitrogens with zero attached hydrogens (tertiary/aromatic N) is 4. The number of ether oxygens (including phenoxy) is 1. The molecule has 1 N–H and O–H groups in total. The highest BCUT2D eigenvalue weighted by Crippen LogP contribution is 2.37. The number of aromatic nitrogens is 4. The van der Waals surface area contributed by atoms with E-state index in [4.69, 9.17) is 4.74 Å². The Morgan fingerprint density at radius 1 is 1.08 bits per heavy atom. The molecule has 8 nitrogen and oxygen atoms in total. The van der Waals surface area contributed by atoms with Crippen LogP contribution in [0.15, 0.2) is 73.4 Å². The van der Waals surface area contributed by atoms with Crippen LogP contribution >= 0.6 is 0 Å². The maximum atomic E-state index is 13.9. The van der Waals surface area contributed by atoms with Crippen LogP contribution in [0.2, 0.25) is 0 Å². The molecular weight excluding hydrogens is 474 g/mol. The van der Waals surface area contributed by atoms with Crippen LogP contribution in [-0.4, -0.2) is 51.3 Å². The van der Waals surface area contributed by atoms with Crippen molar-refractivity contribution in [2.45, 2.75) is 37.0 Å². The summed E-state index contributed by atoms with van der Waals surface area (Å²) in [5, 5.41) is 5.22. The normalized spacial score (nSPS) is 20.8. The molecule has 1 atom stereocenters. The highest BCUT2D eigenvalue weighted by atomic mass is 32.2. The number of nitrogens with one attached hydrogen (secondary N) is 1. The van der Waals surface area contributed by atoms with Gasteiger partial charge in [0.05, 0.1) is 5.52 Å². The maximum absolute atomic E-state index is 13.9. The Kier molecular flexibility index (Phi) is 5.61. The van der Waals surface area contributed by atoms with E-state index in [9.17, 15) is 8.42 Å². The van der Waals surface area contributed by atoms with Crippen LogP contribution in [0.5, 0.6) is 0 Å². The van der Waals surface area contributed by atoms with Gasteiger partial charge < -0.3 is 10.1 Å². The molecule has 1 aliphatic heterocycles. The van der Waals surface area contributed by atoms with E-state index >= 15 is 0 Å². The molecule has 1 aromatic carbocycles. The predicted octanol–water partition coefficient (Wildman–Crippen LogP) is 4.69. The molecule has 1 saturated heterocycles. The first-order valence-corrected chi connectivity index (χ1v) is 13.6. The van der Waals surface area contributed by atoms with Crippen LogP contribution in [-0.2, 0) is 14.8 Å². The van der Waals surface area contributed by atoms with Gasteiger partial charge in [0.1, 0.15) is 16.9 Å². The van der Waals surface area contributed by atoms with Gasteiger partial charge >= 0.3 is 0 Å². The molecule has 1 unspecified atom stereocenters. The first-order chi connectivity index (χ1) is 17.5. The molecule has 36 heavy (non-hydrogen) atoms. The van der Waals surface area contributed by atoms with Gasteiger partial charge in [-0.25, -0.2) is 27.3 Å². The molecule has 6 rings (SSSR count). The summed E-state index contributed by atoms with van der Waals surface area (Å²) in [5.74, 6) is 0.773.